The number of carbonyl (C=O) groups is 2. The van der Waals surface area contributed by atoms with Crippen molar-refractivity contribution in [3.8, 4) is 11.4 Å². The summed E-state index contributed by atoms with van der Waals surface area (Å²) in [6, 6.07) is 13.5. The van der Waals surface area contributed by atoms with Gasteiger partial charge in [-0.2, -0.15) is 0 Å². The molecule has 4 rings (SSSR count). The highest BCUT2D eigenvalue weighted by atomic mass is 16.2. The molecule has 1 aromatic heterocycles. The number of urea groups is 1. The van der Waals surface area contributed by atoms with Crippen molar-refractivity contribution in [2.75, 3.05) is 10.6 Å². The van der Waals surface area contributed by atoms with Crippen LogP contribution in [0.4, 0.5) is 16.2 Å². The van der Waals surface area contributed by atoms with E-state index in [9.17, 15) is 9.59 Å². The van der Waals surface area contributed by atoms with E-state index in [1.54, 1.807) is 30.3 Å². The van der Waals surface area contributed by atoms with Gasteiger partial charge in [0, 0.05) is 22.5 Å². The summed E-state index contributed by atoms with van der Waals surface area (Å²) in [6.07, 6.45) is 2.16. The molecule has 4 N–H and O–H groups in total. The van der Waals surface area contributed by atoms with Crippen LogP contribution in [-0.4, -0.2) is 32.1 Å². The van der Waals surface area contributed by atoms with Gasteiger partial charge in [0.15, 0.2) is 5.82 Å². The number of tetrazole rings is 1. The van der Waals surface area contributed by atoms with Crippen LogP contribution >= 0.6 is 0 Å². The normalized spacial score (nSPS) is 13.2. The van der Waals surface area contributed by atoms with E-state index in [1.165, 1.54) is 0 Å². The van der Waals surface area contributed by atoms with Crippen LogP contribution in [0.25, 0.3) is 11.4 Å². The molecule has 3 aromatic rings. The quantitative estimate of drug-likeness (QED) is 0.641. The maximum absolute atomic E-state index is 12.5. The summed E-state index contributed by atoms with van der Waals surface area (Å²) in [4.78, 5) is 23.3. The van der Waals surface area contributed by atoms with Gasteiger partial charge in [0.25, 0.3) is 5.91 Å². The number of primary amides is 1. The van der Waals surface area contributed by atoms with Gasteiger partial charge in [-0.15, -0.1) is 5.10 Å². The van der Waals surface area contributed by atoms with Crippen LogP contribution in [0, 0.1) is 0 Å². The molecule has 1 saturated carbocycles. The van der Waals surface area contributed by atoms with Gasteiger partial charge in [-0.05, 0) is 59.7 Å². The van der Waals surface area contributed by atoms with Gasteiger partial charge in [0.1, 0.15) is 0 Å². The first-order chi connectivity index (χ1) is 13.1. The summed E-state index contributed by atoms with van der Waals surface area (Å²) in [5, 5.41) is 17.2. The van der Waals surface area contributed by atoms with Crippen LogP contribution in [0.2, 0.25) is 0 Å². The number of nitrogens with zero attached hydrogens (tertiary/aromatic N) is 4. The van der Waals surface area contributed by atoms with E-state index in [0.29, 0.717) is 28.8 Å². The van der Waals surface area contributed by atoms with Gasteiger partial charge in [0.05, 0.1) is 6.04 Å². The van der Waals surface area contributed by atoms with E-state index in [2.05, 4.69) is 26.2 Å². The highest BCUT2D eigenvalue weighted by Gasteiger charge is 2.28. The third-order valence-electron chi connectivity index (χ3n) is 4.18. The van der Waals surface area contributed by atoms with Crippen molar-refractivity contribution in [1.82, 2.24) is 20.2 Å². The van der Waals surface area contributed by atoms with E-state index in [4.69, 9.17) is 5.73 Å². The van der Waals surface area contributed by atoms with Gasteiger partial charge >= 0.3 is 6.03 Å². The van der Waals surface area contributed by atoms with Crippen LogP contribution in [0.3, 0.4) is 0 Å². The number of aromatic nitrogens is 4. The Hall–Kier alpha value is -3.75. The Morgan fingerprint density at radius 3 is 2.52 bits per heavy atom. The lowest BCUT2D eigenvalue weighted by molar-refractivity contribution is 0.102. The molecular formula is C18H17N7O2. The summed E-state index contributed by atoms with van der Waals surface area (Å²) in [7, 11) is 0. The molecule has 3 amide bonds. The Bertz CT molecular complexity index is 993. The predicted molar refractivity (Wildman–Crippen MR) is 99.1 cm³/mol. The van der Waals surface area contributed by atoms with Crippen LogP contribution in [0.5, 0.6) is 0 Å². The zero-order chi connectivity index (χ0) is 18.8. The molecule has 0 aliphatic heterocycles. The fourth-order valence-corrected chi connectivity index (χ4v) is 2.74. The highest BCUT2D eigenvalue weighted by Crippen LogP contribution is 2.36. The standard InChI is InChI=1S/C18H17N7O2/c19-18(27)21-13-6-4-11(5-7-13)17(26)20-14-3-1-2-12(10-14)16-22-23-24-25(16)15-8-9-15/h1-7,10,15H,8-9H2,(H,20,26)(H3,19,21,27). The van der Waals surface area contributed by atoms with Crippen molar-refractivity contribution in [3.63, 3.8) is 0 Å². The monoisotopic (exact) mass is 363 g/mol. The molecule has 0 unspecified atom stereocenters. The number of nitrogens with two attached hydrogens (primary N) is 1. The Balaban J connectivity index is 1.50. The number of anilines is 2. The van der Waals surface area contributed by atoms with E-state index in [0.717, 1.165) is 18.4 Å². The predicted octanol–water partition coefficient (Wildman–Crippen LogP) is 2.42. The minimum Gasteiger partial charge on any atom is -0.351 e. The Morgan fingerprint density at radius 2 is 1.81 bits per heavy atom. The molecule has 1 fully saturated rings. The summed E-state index contributed by atoms with van der Waals surface area (Å²) in [5.74, 6) is 0.426. The molecular weight excluding hydrogens is 346 g/mol. The third-order valence-corrected chi connectivity index (χ3v) is 4.18. The van der Waals surface area contributed by atoms with Crippen LogP contribution in [0.15, 0.2) is 48.5 Å². The minimum absolute atomic E-state index is 0.264. The minimum atomic E-state index is -0.655. The number of hydrogen-bond donors (Lipinski definition) is 3. The lowest BCUT2D eigenvalue weighted by atomic mass is 10.1. The summed E-state index contributed by atoms with van der Waals surface area (Å²) >= 11 is 0. The number of carbonyl (C=O) groups excluding carboxylic acids is 2. The van der Waals surface area contributed by atoms with E-state index < -0.39 is 6.03 Å². The fourth-order valence-electron chi connectivity index (χ4n) is 2.74. The number of nitrogens with one attached hydrogen (secondary N) is 2. The van der Waals surface area contributed by atoms with E-state index in [1.807, 2.05) is 22.9 Å². The summed E-state index contributed by atoms with van der Waals surface area (Å²) in [5.41, 5.74) is 7.52. The SMILES string of the molecule is NC(=O)Nc1ccc(C(=O)Nc2cccc(-c3nnnn3C3CC3)c2)cc1. The van der Waals surface area contributed by atoms with Crippen LogP contribution < -0.4 is 16.4 Å². The van der Waals surface area contributed by atoms with Crippen LogP contribution in [0.1, 0.15) is 29.2 Å². The van der Waals surface area contributed by atoms with Crippen LogP contribution in [-0.2, 0) is 0 Å². The lowest BCUT2D eigenvalue weighted by Crippen LogP contribution is -2.19. The van der Waals surface area contributed by atoms with E-state index in [-0.39, 0.29) is 5.91 Å². The number of benzene rings is 2. The molecule has 9 nitrogen and oxygen atoms in total. The molecule has 0 saturated heterocycles. The highest BCUT2D eigenvalue weighted by molar-refractivity contribution is 6.04. The van der Waals surface area contributed by atoms with Crippen molar-refractivity contribution < 1.29 is 9.59 Å². The van der Waals surface area contributed by atoms with Gasteiger partial charge in [0.2, 0.25) is 0 Å². The first-order valence-electron chi connectivity index (χ1n) is 8.46. The molecule has 0 bridgehead atoms. The molecule has 136 valence electrons. The second-order valence-electron chi connectivity index (χ2n) is 6.28. The van der Waals surface area contributed by atoms with E-state index >= 15 is 0 Å². The fraction of sp³-hybridized carbons (Fsp3) is 0.167. The first-order valence-corrected chi connectivity index (χ1v) is 8.46. The second-order valence-corrected chi connectivity index (χ2v) is 6.28. The van der Waals surface area contributed by atoms with Crippen molar-refractivity contribution in [2.24, 2.45) is 5.73 Å². The van der Waals surface area contributed by atoms with Gasteiger partial charge in [-0.1, -0.05) is 12.1 Å². The maximum Gasteiger partial charge on any atom is 0.316 e. The maximum atomic E-state index is 12.5. The molecule has 0 atom stereocenters. The Morgan fingerprint density at radius 1 is 1.04 bits per heavy atom. The number of rotatable bonds is 5. The molecule has 27 heavy (non-hydrogen) atoms. The molecule has 9 heteroatoms. The molecule has 2 aromatic carbocycles. The second kappa shape index (κ2) is 6.87. The Kier molecular flexibility index (Phi) is 4.25. The van der Waals surface area contributed by atoms with Crippen molar-refractivity contribution in [1.29, 1.82) is 0 Å². The van der Waals surface area contributed by atoms with Crippen molar-refractivity contribution in [3.05, 3.63) is 54.1 Å². The topological polar surface area (TPSA) is 128 Å². The van der Waals surface area contributed by atoms with Gasteiger partial charge in [-0.3, -0.25) is 4.79 Å². The average molecular weight is 363 g/mol. The molecule has 1 aliphatic carbocycles. The van der Waals surface area contributed by atoms with Crippen molar-refractivity contribution in [2.45, 2.75) is 18.9 Å². The summed E-state index contributed by atoms with van der Waals surface area (Å²) < 4.78 is 1.82. The lowest BCUT2D eigenvalue weighted by Gasteiger charge is -2.08. The third kappa shape index (κ3) is 3.76. The molecule has 0 radical (unpaired) electrons. The number of amides is 3. The Labute approximate surface area is 154 Å². The molecule has 1 heterocycles. The first kappa shape index (κ1) is 16.7. The summed E-state index contributed by atoms with van der Waals surface area (Å²) in [6.45, 7) is 0. The number of hydrogen-bond acceptors (Lipinski definition) is 5. The smallest absolute Gasteiger partial charge is 0.316 e. The zero-order valence-electron chi connectivity index (χ0n) is 14.3. The molecule has 0 spiro atoms. The van der Waals surface area contributed by atoms with Gasteiger partial charge in [-0.25, -0.2) is 9.48 Å². The molecule has 1 aliphatic rings. The van der Waals surface area contributed by atoms with Gasteiger partial charge < -0.3 is 16.4 Å². The average Bonchev–Trinajstić information content (AvgIpc) is 3.38. The van der Waals surface area contributed by atoms with Crippen molar-refractivity contribution >= 4 is 23.3 Å². The largest absolute Gasteiger partial charge is 0.351 e. The zero-order valence-corrected chi connectivity index (χ0v) is 14.3.